The molecule has 0 saturated carbocycles. The zero-order chi connectivity index (χ0) is 15.9. The van der Waals surface area contributed by atoms with Crippen LogP contribution in [0.2, 0.25) is 5.02 Å². The predicted molar refractivity (Wildman–Crippen MR) is 84.5 cm³/mol. The SMILES string of the molecule is CC(C)(C#N)CCCCN(CC(=O)O)c1ccc(Cl)cc1. The number of hydrogen-bond acceptors (Lipinski definition) is 3. The lowest BCUT2D eigenvalue weighted by molar-refractivity contribution is -0.135. The summed E-state index contributed by atoms with van der Waals surface area (Å²) in [5, 5.41) is 18.6. The lowest BCUT2D eigenvalue weighted by atomic mass is 9.89. The topological polar surface area (TPSA) is 64.3 Å². The van der Waals surface area contributed by atoms with Crippen LogP contribution in [-0.2, 0) is 4.79 Å². The molecule has 0 fully saturated rings. The number of benzene rings is 1. The van der Waals surface area contributed by atoms with Gasteiger partial charge in [0, 0.05) is 17.3 Å². The van der Waals surface area contributed by atoms with Gasteiger partial charge in [-0.15, -0.1) is 0 Å². The molecule has 0 radical (unpaired) electrons. The molecule has 0 atom stereocenters. The summed E-state index contributed by atoms with van der Waals surface area (Å²) in [6.45, 7) is 4.45. The summed E-state index contributed by atoms with van der Waals surface area (Å²) in [5.74, 6) is -0.859. The number of aliphatic carboxylic acids is 1. The third-order valence-corrected chi connectivity index (χ3v) is 3.55. The fraction of sp³-hybridized carbons (Fsp3) is 0.500. The fourth-order valence-electron chi connectivity index (χ4n) is 2.04. The first kappa shape index (κ1) is 17.3. The molecule has 5 heteroatoms. The van der Waals surface area contributed by atoms with Crippen molar-refractivity contribution >= 4 is 23.3 Å². The number of unbranched alkanes of at least 4 members (excludes halogenated alkanes) is 1. The molecular weight excluding hydrogens is 288 g/mol. The first-order valence-corrected chi connectivity index (χ1v) is 7.35. The highest BCUT2D eigenvalue weighted by atomic mass is 35.5. The molecule has 0 amide bonds. The number of carbonyl (C=O) groups is 1. The van der Waals surface area contributed by atoms with Gasteiger partial charge in [-0.3, -0.25) is 4.79 Å². The summed E-state index contributed by atoms with van der Waals surface area (Å²) < 4.78 is 0. The lowest BCUT2D eigenvalue weighted by Gasteiger charge is -2.23. The van der Waals surface area contributed by atoms with E-state index in [1.54, 1.807) is 12.1 Å². The molecular formula is C16H21ClN2O2. The Morgan fingerprint density at radius 2 is 1.95 bits per heavy atom. The van der Waals surface area contributed by atoms with E-state index in [1.807, 2.05) is 30.9 Å². The van der Waals surface area contributed by atoms with Crippen LogP contribution in [0.15, 0.2) is 24.3 Å². The molecule has 1 aromatic rings. The van der Waals surface area contributed by atoms with Crippen LogP contribution in [-0.4, -0.2) is 24.2 Å². The Morgan fingerprint density at radius 1 is 1.33 bits per heavy atom. The number of carboxylic acid groups (broad SMARTS) is 1. The van der Waals surface area contributed by atoms with Crippen molar-refractivity contribution in [3.8, 4) is 6.07 Å². The average molecular weight is 309 g/mol. The average Bonchev–Trinajstić information content (AvgIpc) is 2.43. The van der Waals surface area contributed by atoms with Gasteiger partial charge < -0.3 is 10.0 Å². The second-order valence-electron chi connectivity index (χ2n) is 5.74. The first-order valence-electron chi connectivity index (χ1n) is 6.97. The normalized spacial score (nSPS) is 11.0. The van der Waals surface area contributed by atoms with Crippen LogP contribution >= 0.6 is 11.6 Å². The van der Waals surface area contributed by atoms with E-state index in [1.165, 1.54) is 0 Å². The Balaban J connectivity index is 2.57. The molecule has 0 aliphatic rings. The minimum atomic E-state index is -0.859. The molecule has 1 aromatic carbocycles. The van der Waals surface area contributed by atoms with Crippen molar-refractivity contribution in [2.45, 2.75) is 33.1 Å². The summed E-state index contributed by atoms with van der Waals surface area (Å²) in [7, 11) is 0. The smallest absolute Gasteiger partial charge is 0.323 e. The molecule has 0 unspecified atom stereocenters. The van der Waals surface area contributed by atoms with Crippen LogP contribution in [0, 0.1) is 16.7 Å². The van der Waals surface area contributed by atoms with Gasteiger partial charge in [-0.05, 0) is 51.0 Å². The zero-order valence-electron chi connectivity index (χ0n) is 12.5. The van der Waals surface area contributed by atoms with E-state index < -0.39 is 5.97 Å². The Bertz CT molecular complexity index is 506. The minimum Gasteiger partial charge on any atom is -0.480 e. The van der Waals surface area contributed by atoms with Gasteiger partial charge in [0.15, 0.2) is 0 Å². The molecule has 0 aliphatic carbocycles. The quantitative estimate of drug-likeness (QED) is 0.738. The van der Waals surface area contributed by atoms with Crippen molar-refractivity contribution in [1.82, 2.24) is 0 Å². The largest absolute Gasteiger partial charge is 0.480 e. The monoisotopic (exact) mass is 308 g/mol. The molecule has 0 heterocycles. The zero-order valence-corrected chi connectivity index (χ0v) is 13.2. The van der Waals surface area contributed by atoms with Gasteiger partial charge >= 0.3 is 5.97 Å². The van der Waals surface area contributed by atoms with Crippen LogP contribution in [0.1, 0.15) is 33.1 Å². The van der Waals surface area contributed by atoms with E-state index in [4.69, 9.17) is 22.0 Å². The fourth-order valence-corrected chi connectivity index (χ4v) is 2.17. The van der Waals surface area contributed by atoms with Crippen molar-refractivity contribution in [2.24, 2.45) is 5.41 Å². The number of halogens is 1. The van der Waals surface area contributed by atoms with E-state index in [9.17, 15) is 4.79 Å². The van der Waals surface area contributed by atoms with E-state index >= 15 is 0 Å². The van der Waals surface area contributed by atoms with E-state index in [-0.39, 0.29) is 12.0 Å². The van der Waals surface area contributed by atoms with Crippen LogP contribution in [0.5, 0.6) is 0 Å². The maximum absolute atomic E-state index is 11.0. The molecule has 4 nitrogen and oxygen atoms in total. The number of nitriles is 1. The van der Waals surface area contributed by atoms with Crippen molar-refractivity contribution in [2.75, 3.05) is 18.0 Å². The summed E-state index contributed by atoms with van der Waals surface area (Å²) in [4.78, 5) is 12.8. The Morgan fingerprint density at radius 3 is 2.48 bits per heavy atom. The van der Waals surface area contributed by atoms with E-state index in [2.05, 4.69) is 6.07 Å². The molecule has 0 aliphatic heterocycles. The van der Waals surface area contributed by atoms with Gasteiger partial charge in [-0.2, -0.15) is 5.26 Å². The number of carboxylic acids is 1. The highest BCUT2D eigenvalue weighted by Crippen LogP contribution is 2.23. The molecule has 0 saturated heterocycles. The first-order chi connectivity index (χ1) is 9.84. The van der Waals surface area contributed by atoms with Crippen molar-refractivity contribution in [1.29, 1.82) is 5.26 Å². The van der Waals surface area contributed by atoms with Gasteiger partial charge in [-0.25, -0.2) is 0 Å². The van der Waals surface area contributed by atoms with Gasteiger partial charge in [0.25, 0.3) is 0 Å². The highest BCUT2D eigenvalue weighted by molar-refractivity contribution is 6.30. The number of hydrogen-bond donors (Lipinski definition) is 1. The summed E-state index contributed by atoms with van der Waals surface area (Å²) >= 11 is 5.85. The summed E-state index contributed by atoms with van der Waals surface area (Å²) in [6, 6.07) is 9.43. The summed E-state index contributed by atoms with van der Waals surface area (Å²) in [5.41, 5.74) is 0.527. The van der Waals surface area contributed by atoms with Crippen molar-refractivity contribution in [3.63, 3.8) is 0 Å². The molecule has 0 aromatic heterocycles. The molecule has 1 rings (SSSR count). The van der Waals surface area contributed by atoms with Crippen molar-refractivity contribution in [3.05, 3.63) is 29.3 Å². The number of nitrogens with zero attached hydrogens (tertiary/aromatic N) is 2. The third kappa shape index (κ3) is 6.50. The maximum atomic E-state index is 11.0. The second kappa shape index (κ2) is 7.90. The van der Waals surface area contributed by atoms with Crippen LogP contribution in [0.4, 0.5) is 5.69 Å². The van der Waals surface area contributed by atoms with Gasteiger partial charge in [0.2, 0.25) is 0 Å². The predicted octanol–water partition coefficient (Wildman–Crippen LogP) is 3.95. The minimum absolute atomic E-state index is 0.0384. The Labute approximate surface area is 130 Å². The second-order valence-corrected chi connectivity index (χ2v) is 6.18. The Kier molecular flexibility index (Phi) is 6.51. The molecule has 0 bridgehead atoms. The molecule has 21 heavy (non-hydrogen) atoms. The van der Waals surface area contributed by atoms with Gasteiger partial charge in [0.1, 0.15) is 6.54 Å². The summed E-state index contributed by atoms with van der Waals surface area (Å²) in [6.07, 6.45) is 2.55. The van der Waals surface area contributed by atoms with Crippen LogP contribution in [0.25, 0.3) is 0 Å². The van der Waals surface area contributed by atoms with Crippen LogP contribution < -0.4 is 4.90 Å². The molecule has 114 valence electrons. The van der Waals surface area contributed by atoms with E-state index in [0.29, 0.717) is 11.6 Å². The third-order valence-electron chi connectivity index (χ3n) is 3.30. The van der Waals surface area contributed by atoms with Gasteiger partial charge in [-0.1, -0.05) is 18.0 Å². The number of rotatable bonds is 8. The Hall–Kier alpha value is -1.73. The van der Waals surface area contributed by atoms with Crippen LogP contribution in [0.3, 0.4) is 0 Å². The highest BCUT2D eigenvalue weighted by Gasteiger charge is 2.16. The molecule has 1 N–H and O–H groups in total. The lowest BCUT2D eigenvalue weighted by Crippen LogP contribution is -2.30. The standard InChI is InChI=1S/C16H21ClN2O2/c1-16(2,12-18)9-3-4-10-19(11-15(20)21)14-7-5-13(17)6-8-14/h5-8H,3-4,9-11H2,1-2H3,(H,20,21). The number of anilines is 1. The van der Waals surface area contributed by atoms with Crippen molar-refractivity contribution < 1.29 is 9.90 Å². The molecule has 0 spiro atoms. The maximum Gasteiger partial charge on any atom is 0.323 e. The van der Waals surface area contributed by atoms with Gasteiger partial charge in [0.05, 0.1) is 11.5 Å². The van der Waals surface area contributed by atoms with E-state index in [0.717, 1.165) is 24.9 Å².